The Bertz CT molecular complexity index is 624. The minimum atomic E-state index is -0.123. The molecule has 4 heteroatoms. The van der Waals surface area contributed by atoms with Crippen molar-refractivity contribution in [2.24, 2.45) is 0 Å². The van der Waals surface area contributed by atoms with Crippen LogP contribution in [0.15, 0.2) is 48.5 Å². The van der Waals surface area contributed by atoms with Crippen molar-refractivity contribution < 1.29 is 4.79 Å². The van der Waals surface area contributed by atoms with Gasteiger partial charge in [0, 0.05) is 12.2 Å². The zero-order valence-corrected chi connectivity index (χ0v) is 14.1. The Morgan fingerprint density at radius 3 is 2.39 bits per heavy atom. The Morgan fingerprint density at radius 1 is 1.09 bits per heavy atom. The Kier molecular flexibility index (Phi) is 6.29. The van der Waals surface area contributed by atoms with E-state index in [4.69, 9.17) is 0 Å². The maximum atomic E-state index is 12.3. The Hall–Kier alpha value is -2.20. The highest BCUT2D eigenvalue weighted by molar-refractivity contribution is 5.92. The summed E-state index contributed by atoms with van der Waals surface area (Å²) >= 11 is 0. The van der Waals surface area contributed by atoms with E-state index in [0.29, 0.717) is 12.2 Å². The lowest BCUT2D eigenvalue weighted by molar-refractivity contribution is 0.0929. The molecule has 1 aromatic heterocycles. The molecule has 0 aliphatic heterocycles. The zero-order valence-electron chi connectivity index (χ0n) is 14.1. The van der Waals surface area contributed by atoms with E-state index >= 15 is 0 Å². The molecule has 0 saturated heterocycles. The molecule has 122 valence electrons. The average Bonchev–Trinajstić information content (AvgIpc) is 2.59. The lowest BCUT2D eigenvalue weighted by Gasteiger charge is -2.30. The van der Waals surface area contributed by atoms with E-state index in [1.165, 1.54) is 5.56 Å². The predicted octanol–water partition coefficient (Wildman–Crippen LogP) is 3.20. The predicted molar refractivity (Wildman–Crippen MR) is 93.4 cm³/mol. The summed E-state index contributed by atoms with van der Waals surface area (Å²) in [5.41, 5.74) is 2.53. The third-order valence-corrected chi connectivity index (χ3v) is 4.01. The van der Waals surface area contributed by atoms with Crippen molar-refractivity contribution in [3.05, 3.63) is 65.5 Å². The molecule has 2 rings (SSSR count). The molecule has 0 aliphatic carbocycles. The first-order valence-electron chi connectivity index (χ1n) is 8.16. The second-order valence-corrected chi connectivity index (χ2v) is 5.52. The summed E-state index contributed by atoms with van der Waals surface area (Å²) in [4.78, 5) is 19.0. The van der Waals surface area contributed by atoms with Gasteiger partial charge in [-0.15, -0.1) is 0 Å². The molecule has 1 N–H and O–H groups in total. The molecule has 0 aliphatic rings. The summed E-state index contributed by atoms with van der Waals surface area (Å²) in [6.07, 6.45) is 0. The van der Waals surface area contributed by atoms with Crippen molar-refractivity contribution in [2.75, 3.05) is 19.6 Å². The standard InChI is InChI=1S/C19H25N3O/c1-4-22(5-2)18(16-11-7-6-8-12-16)14-20-19(23)17-13-9-10-15(3)21-17/h6-13,18H,4-5,14H2,1-3H3,(H,20,23)/t18-/m0/s1. The minimum absolute atomic E-state index is 0.123. The number of amides is 1. The molecule has 0 bridgehead atoms. The summed E-state index contributed by atoms with van der Waals surface area (Å²) in [6, 6.07) is 16.0. The fourth-order valence-electron chi connectivity index (χ4n) is 2.75. The number of rotatable bonds is 7. The number of hydrogen-bond donors (Lipinski definition) is 1. The van der Waals surface area contributed by atoms with Gasteiger partial charge in [-0.3, -0.25) is 9.69 Å². The van der Waals surface area contributed by atoms with Crippen LogP contribution in [0.5, 0.6) is 0 Å². The van der Waals surface area contributed by atoms with Gasteiger partial charge in [0.15, 0.2) is 0 Å². The van der Waals surface area contributed by atoms with Gasteiger partial charge in [-0.1, -0.05) is 50.2 Å². The van der Waals surface area contributed by atoms with E-state index in [0.717, 1.165) is 18.8 Å². The summed E-state index contributed by atoms with van der Waals surface area (Å²) in [5.74, 6) is -0.123. The van der Waals surface area contributed by atoms with Crippen molar-refractivity contribution in [1.29, 1.82) is 0 Å². The largest absolute Gasteiger partial charge is 0.349 e. The van der Waals surface area contributed by atoms with E-state index in [9.17, 15) is 4.79 Å². The number of carbonyl (C=O) groups excluding carboxylic acids is 1. The first-order chi connectivity index (χ1) is 11.2. The molecule has 1 aromatic carbocycles. The fourth-order valence-corrected chi connectivity index (χ4v) is 2.75. The van der Waals surface area contributed by atoms with Crippen LogP contribution in [0.1, 0.15) is 41.6 Å². The van der Waals surface area contributed by atoms with Crippen LogP contribution in [0.3, 0.4) is 0 Å². The summed E-state index contributed by atoms with van der Waals surface area (Å²) in [6.45, 7) is 8.62. The number of nitrogens with one attached hydrogen (secondary N) is 1. The molecular formula is C19H25N3O. The molecule has 0 fully saturated rings. The lowest BCUT2D eigenvalue weighted by Crippen LogP contribution is -2.38. The SMILES string of the molecule is CCN(CC)[C@@H](CNC(=O)c1cccc(C)n1)c1ccccc1. The third-order valence-electron chi connectivity index (χ3n) is 4.01. The molecule has 1 amide bonds. The smallest absolute Gasteiger partial charge is 0.269 e. The van der Waals surface area contributed by atoms with Crippen LogP contribution >= 0.6 is 0 Å². The maximum Gasteiger partial charge on any atom is 0.269 e. The second-order valence-electron chi connectivity index (χ2n) is 5.52. The molecule has 2 aromatic rings. The Morgan fingerprint density at radius 2 is 1.78 bits per heavy atom. The Labute approximate surface area is 138 Å². The van der Waals surface area contributed by atoms with Gasteiger partial charge in [0.1, 0.15) is 5.69 Å². The second kappa shape index (κ2) is 8.44. The van der Waals surface area contributed by atoms with Gasteiger partial charge < -0.3 is 5.32 Å². The van der Waals surface area contributed by atoms with E-state index in [2.05, 4.69) is 41.2 Å². The van der Waals surface area contributed by atoms with Crippen LogP contribution in [0.25, 0.3) is 0 Å². The number of carbonyl (C=O) groups is 1. The zero-order chi connectivity index (χ0) is 16.7. The van der Waals surface area contributed by atoms with E-state index in [1.54, 1.807) is 6.07 Å². The van der Waals surface area contributed by atoms with Crippen LogP contribution in [0, 0.1) is 6.92 Å². The van der Waals surface area contributed by atoms with Crippen LogP contribution in [-0.4, -0.2) is 35.4 Å². The normalized spacial score (nSPS) is 12.2. The van der Waals surface area contributed by atoms with Gasteiger partial charge in [-0.2, -0.15) is 0 Å². The monoisotopic (exact) mass is 311 g/mol. The number of aryl methyl sites for hydroxylation is 1. The molecule has 0 unspecified atom stereocenters. The van der Waals surface area contributed by atoms with Gasteiger partial charge in [-0.25, -0.2) is 4.98 Å². The van der Waals surface area contributed by atoms with Crippen LogP contribution < -0.4 is 5.32 Å². The molecule has 1 atom stereocenters. The molecular weight excluding hydrogens is 286 g/mol. The molecule has 4 nitrogen and oxygen atoms in total. The molecule has 0 spiro atoms. The molecule has 23 heavy (non-hydrogen) atoms. The van der Waals surface area contributed by atoms with Crippen molar-refractivity contribution in [2.45, 2.75) is 26.8 Å². The highest BCUT2D eigenvalue weighted by Crippen LogP contribution is 2.19. The highest BCUT2D eigenvalue weighted by atomic mass is 16.1. The molecule has 0 saturated carbocycles. The van der Waals surface area contributed by atoms with Crippen molar-refractivity contribution >= 4 is 5.91 Å². The van der Waals surface area contributed by atoms with Crippen molar-refractivity contribution in [1.82, 2.24) is 15.2 Å². The van der Waals surface area contributed by atoms with Gasteiger partial charge in [0.05, 0.1) is 6.04 Å². The number of benzene rings is 1. The first kappa shape index (κ1) is 17.2. The first-order valence-corrected chi connectivity index (χ1v) is 8.16. The minimum Gasteiger partial charge on any atom is -0.349 e. The van der Waals surface area contributed by atoms with Crippen molar-refractivity contribution in [3.8, 4) is 0 Å². The van der Waals surface area contributed by atoms with Gasteiger partial charge in [0.2, 0.25) is 0 Å². The van der Waals surface area contributed by atoms with Gasteiger partial charge in [0.25, 0.3) is 5.91 Å². The number of nitrogens with zero attached hydrogens (tertiary/aromatic N) is 2. The lowest BCUT2D eigenvalue weighted by atomic mass is 10.0. The summed E-state index contributed by atoms with van der Waals surface area (Å²) < 4.78 is 0. The quantitative estimate of drug-likeness (QED) is 0.854. The summed E-state index contributed by atoms with van der Waals surface area (Å²) in [5, 5.41) is 3.03. The third kappa shape index (κ3) is 4.63. The summed E-state index contributed by atoms with van der Waals surface area (Å²) in [7, 11) is 0. The van der Waals surface area contributed by atoms with Crippen LogP contribution in [0.2, 0.25) is 0 Å². The van der Waals surface area contributed by atoms with E-state index in [-0.39, 0.29) is 11.9 Å². The molecule has 0 radical (unpaired) electrons. The number of likely N-dealkylation sites (N-methyl/N-ethyl adjacent to an activating group) is 1. The highest BCUT2D eigenvalue weighted by Gasteiger charge is 2.19. The van der Waals surface area contributed by atoms with E-state index < -0.39 is 0 Å². The number of pyridine rings is 1. The van der Waals surface area contributed by atoms with Crippen molar-refractivity contribution in [3.63, 3.8) is 0 Å². The number of hydrogen-bond acceptors (Lipinski definition) is 3. The fraction of sp³-hybridized carbons (Fsp3) is 0.368. The number of aromatic nitrogens is 1. The Balaban J connectivity index is 2.10. The average molecular weight is 311 g/mol. The van der Waals surface area contributed by atoms with Crippen LogP contribution in [0.4, 0.5) is 0 Å². The van der Waals surface area contributed by atoms with Gasteiger partial charge in [-0.05, 0) is 37.7 Å². The van der Waals surface area contributed by atoms with E-state index in [1.807, 2.05) is 37.3 Å². The molecule has 1 heterocycles. The maximum absolute atomic E-state index is 12.3. The van der Waals surface area contributed by atoms with Crippen LogP contribution in [-0.2, 0) is 0 Å². The van der Waals surface area contributed by atoms with Gasteiger partial charge >= 0.3 is 0 Å². The topological polar surface area (TPSA) is 45.2 Å².